The van der Waals surface area contributed by atoms with Crippen LogP contribution in [-0.4, -0.2) is 28.0 Å². The van der Waals surface area contributed by atoms with Gasteiger partial charge >= 0.3 is 0 Å². The van der Waals surface area contributed by atoms with Crippen molar-refractivity contribution in [3.05, 3.63) is 130 Å². The van der Waals surface area contributed by atoms with Crippen molar-refractivity contribution in [1.82, 2.24) is 13.8 Å². The van der Waals surface area contributed by atoms with Gasteiger partial charge in [-0.1, -0.05) is 46.3 Å². The highest BCUT2D eigenvalue weighted by Gasteiger charge is 2.29. The lowest BCUT2D eigenvalue weighted by Crippen LogP contribution is -2.19. The van der Waals surface area contributed by atoms with E-state index in [4.69, 9.17) is 10.5 Å². The Morgan fingerprint density at radius 1 is 0.953 bits per heavy atom. The molecule has 43 heavy (non-hydrogen) atoms. The molecule has 6 aromatic rings. The van der Waals surface area contributed by atoms with Crippen LogP contribution in [0.15, 0.2) is 107 Å². The third kappa shape index (κ3) is 4.88. The molecule has 0 aliphatic rings. The number of hydrogen-bond acceptors (Lipinski definition) is 6. The van der Waals surface area contributed by atoms with Crippen LogP contribution >= 0.6 is 15.9 Å². The van der Waals surface area contributed by atoms with Gasteiger partial charge in [0.1, 0.15) is 17.3 Å². The SMILES string of the molecule is Cc1cc(Oc2cccc(F)c2F)ccc1-n1ncc(C(=O)c2cc3c(Br)cccc3n2S(=O)(=O)c2ccccc2)c1N. The van der Waals surface area contributed by atoms with Gasteiger partial charge in [0.25, 0.3) is 10.0 Å². The van der Waals surface area contributed by atoms with E-state index < -0.39 is 27.4 Å². The van der Waals surface area contributed by atoms with Gasteiger partial charge in [-0.15, -0.1) is 0 Å². The number of aromatic nitrogens is 3. The summed E-state index contributed by atoms with van der Waals surface area (Å²) in [5.74, 6) is -2.84. The predicted octanol–water partition coefficient (Wildman–Crippen LogP) is 7.02. The van der Waals surface area contributed by atoms with Gasteiger partial charge in [0.15, 0.2) is 11.6 Å². The highest BCUT2D eigenvalue weighted by molar-refractivity contribution is 9.10. The van der Waals surface area contributed by atoms with Gasteiger partial charge in [0.05, 0.1) is 27.9 Å². The van der Waals surface area contributed by atoms with Gasteiger partial charge in [-0.25, -0.2) is 21.5 Å². The van der Waals surface area contributed by atoms with E-state index in [0.717, 1.165) is 10.0 Å². The van der Waals surface area contributed by atoms with Gasteiger partial charge in [0.2, 0.25) is 11.6 Å². The summed E-state index contributed by atoms with van der Waals surface area (Å²) >= 11 is 3.45. The summed E-state index contributed by atoms with van der Waals surface area (Å²) in [6.07, 6.45) is 1.27. The molecule has 2 aromatic heterocycles. The lowest BCUT2D eigenvalue weighted by Gasteiger charge is -2.13. The molecule has 2 heterocycles. The maximum Gasteiger partial charge on any atom is 0.268 e. The first-order chi connectivity index (χ1) is 20.6. The molecule has 2 N–H and O–H groups in total. The number of carbonyl (C=O) groups excluding carboxylic acids is 1. The second kappa shape index (κ2) is 10.8. The number of anilines is 1. The lowest BCUT2D eigenvalue weighted by atomic mass is 10.1. The molecule has 6 rings (SSSR count). The fraction of sp³-hybridized carbons (Fsp3) is 0.0323. The molecule has 0 amide bonds. The summed E-state index contributed by atoms with van der Waals surface area (Å²) in [4.78, 5) is 14.0. The molecular weight excluding hydrogens is 642 g/mol. The van der Waals surface area contributed by atoms with Crippen LogP contribution in [0.2, 0.25) is 0 Å². The summed E-state index contributed by atoms with van der Waals surface area (Å²) in [5.41, 5.74) is 7.71. The van der Waals surface area contributed by atoms with Crippen molar-refractivity contribution >= 4 is 48.5 Å². The van der Waals surface area contributed by atoms with Crippen LogP contribution in [0.5, 0.6) is 11.5 Å². The average Bonchev–Trinajstić information content (AvgIpc) is 3.58. The number of benzene rings is 4. The number of rotatable bonds is 7. The van der Waals surface area contributed by atoms with E-state index in [-0.39, 0.29) is 33.5 Å². The van der Waals surface area contributed by atoms with E-state index in [1.165, 1.54) is 47.3 Å². The topological polar surface area (TPSA) is 109 Å². The van der Waals surface area contributed by atoms with Crippen LogP contribution in [0.25, 0.3) is 16.6 Å². The van der Waals surface area contributed by atoms with E-state index in [2.05, 4.69) is 21.0 Å². The average molecular weight is 664 g/mol. The van der Waals surface area contributed by atoms with E-state index in [0.29, 0.717) is 26.6 Å². The third-order valence-electron chi connectivity index (χ3n) is 6.85. The van der Waals surface area contributed by atoms with Gasteiger partial charge in [-0.2, -0.15) is 9.49 Å². The van der Waals surface area contributed by atoms with Crippen LogP contribution in [-0.2, 0) is 10.0 Å². The minimum Gasteiger partial charge on any atom is -0.454 e. The number of fused-ring (bicyclic) bond motifs is 1. The maximum atomic E-state index is 14.1. The molecule has 0 spiro atoms. The Balaban J connectivity index is 1.40. The van der Waals surface area contributed by atoms with Gasteiger partial charge in [-0.05, 0) is 73.2 Å². The van der Waals surface area contributed by atoms with Crippen molar-refractivity contribution in [2.24, 2.45) is 0 Å². The fourth-order valence-electron chi connectivity index (χ4n) is 4.77. The first-order valence-electron chi connectivity index (χ1n) is 12.8. The van der Waals surface area contributed by atoms with Gasteiger partial charge in [0, 0.05) is 9.86 Å². The summed E-state index contributed by atoms with van der Waals surface area (Å²) in [5, 5.41) is 4.83. The standard InChI is InChI=1S/C31H21BrF2N4O4S/c1-18-15-19(42-28-12-6-10-24(33)29(28)34)13-14-25(18)37-31(35)22(17-36-37)30(39)27-16-21-23(32)9-5-11-26(21)38(27)43(40,41)20-7-3-2-4-8-20/h2-17H,35H2,1H3. The number of ketones is 1. The number of nitrogen functional groups attached to an aromatic ring is 1. The molecular formula is C31H21BrF2N4O4S. The Hall–Kier alpha value is -4.81. The number of hydrogen-bond donors (Lipinski definition) is 1. The second-order valence-corrected chi connectivity index (χ2v) is 12.2. The van der Waals surface area contributed by atoms with Crippen molar-refractivity contribution in [3.8, 4) is 17.2 Å². The lowest BCUT2D eigenvalue weighted by molar-refractivity contribution is 0.103. The molecule has 4 aromatic carbocycles. The number of carbonyl (C=O) groups is 1. The summed E-state index contributed by atoms with van der Waals surface area (Å²) < 4.78 is 63.8. The molecule has 0 radical (unpaired) electrons. The highest BCUT2D eigenvalue weighted by Crippen LogP contribution is 2.34. The maximum absolute atomic E-state index is 14.1. The van der Waals surface area contributed by atoms with Crippen molar-refractivity contribution in [3.63, 3.8) is 0 Å². The quantitative estimate of drug-likeness (QED) is 0.184. The molecule has 0 aliphatic carbocycles. The van der Waals surface area contributed by atoms with E-state index in [1.807, 2.05) is 0 Å². The number of ether oxygens (including phenoxy) is 1. The van der Waals surface area contributed by atoms with Gasteiger partial charge < -0.3 is 10.5 Å². The molecule has 8 nitrogen and oxygen atoms in total. The van der Waals surface area contributed by atoms with E-state index in [9.17, 15) is 22.0 Å². The molecule has 12 heteroatoms. The molecule has 216 valence electrons. The number of halogens is 3. The molecule has 0 fully saturated rings. The molecule has 0 saturated carbocycles. The van der Waals surface area contributed by atoms with Crippen molar-refractivity contribution in [2.75, 3.05) is 5.73 Å². The molecule has 0 atom stereocenters. The van der Waals surface area contributed by atoms with Gasteiger partial charge in [-0.3, -0.25) is 4.79 Å². The number of nitrogens with zero attached hydrogens (tertiary/aromatic N) is 3. The van der Waals surface area contributed by atoms with E-state index in [1.54, 1.807) is 55.5 Å². The van der Waals surface area contributed by atoms with Crippen LogP contribution in [0.1, 0.15) is 21.6 Å². The molecule has 0 aliphatic heterocycles. The van der Waals surface area contributed by atoms with Crippen molar-refractivity contribution in [2.45, 2.75) is 11.8 Å². The fourth-order valence-corrected chi connectivity index (χ4v) is 6.76. The summed E-state index contributed by atoms with van der Waals surface area (Å²) in [6.45, 7) is 1.73. The number of aryl methyl sites for hydroxylation is 1. The normalized spacial score (nSPS) is 11.6. The highest BCUT2D eigenvalue weighted by atomic mass is 79.9. The Labute approximate surface area is 253 Å². The minimum atomic E-state index is -4.18. The first-order valence-corrected chi connectivity index (χ1v) is 15.0. The van der Waals surface area contributed by atoms with E-state index >= 15 is 0 Å². The second-order valence-electron chi connectivity index (χ2n) is 9.57. The third-order valence-corrected chi connectivity index (χ3v) is 9.29. The molecule has 0 bridgehead atoms. The summed E-state index contributed by atoms with van der Waals surface area (Å²) in [6, 6.07) is 22.7. The van der Waals surface area contributed by atoms with Crippen LogP contribution in [0.3, 0.4) is 0 Å². The zero-order valence-electron chi connectivity index (χ0n) is 22.3. The Bertz CT molecular complexity index is 2160. The predicted molar refractivity (Wildman–Crippen MR) is 161 cm³/mol. The van der Waals surface area contributed by atoms with Crippen LogP contribution in [0, 0.1) is 18.6 Å². The van der Waals surface area contributed by atoms with Crippen LogP contribution < -0.4 is 10.5 Å². The van der Waals surface area contributed by atoms with Crippen LogP contribution in [0.4, 0.5) is 14.6 Å². The molecule has 0 saturated heterocycles. The smallest absolute Gasteiger partial charge is 0.268 e. The Morgan fingerprint density at radius 2 is 1.70 bits per heavy atom. The largest absolute Gasteiger partial charge is 0.454 e. The summed E-state index contributed by atoms with van der Waals surface area (Å²) in [7, 11) is -4.18. The number of nitrogens with two attached hydrogens (primary N) is 1. The zero-order chi connectivity index (χ0) is 30.5. The minimum absolute atomic E-state index is 0.00926. The first kappa shape index (κ1) is 28.3. The zero-order valence-corrected chi connectivity index (χ0v) is 24.7. The Morgan fingerprint density at radius 3 is 2.44 bits per heavy atom. The van der Waals surface area contributed by atoms with Crippen molar-refractivity contribution in [1.29, 1.82) is 0 Å². The molecule has 0 unspecified atom stereocenters. The Kier molecular flexibility index (Phi) is 7.10. The monoisotopic (exact) mass is 662 g/mol. The van der Waals surface area contributed by atoms with Crippen molar-refractivity contribution < 1.29 is 26.7 Å².